The minimum Gasteiger partial charge on any atom is -0.361 e. The number of pyridine rings is 2. The first-order chi connectivity index (χ1) is 13.7. The molecule has 0 spiro atoms. The number of anilines is 2. The minimum absolute atomic E-state index is 0.206. The number of thioether (sulfide) groups is 1. The maximum Gasteiger partial charge on any atom is 0.258 e. The van der Waals surface area contributed by atoms with E-state index in [2.05, 4.69) is 25.3 Å². The first-order valence-corrected chi connectivity index (χ1v) is 10.2. The zero-order valence-electron chi connectivity index (χ0n) is 15.6. The molecule has 1 N–H and O–H groups in total. The van der Waals surface area contributed by atoms with E-state index in [0.29, 0.717) is 22.0 Å². The van der Waals surface area contributed by atoms with E-state index in [0.717, 1.165) is 30.4 Å². The van der Waals surface area contributed by atoms with Crippen molar-refractivity contribution in [1.82, 2.24) is 15.1 Å². The first kappa shape index (κ1) is 18.5. The molecule has 4 rings (SSSR count). The number of aromatic nitrogens is 3. The fourth-order valence-electron chi connectivity index (χ4n) is 3.10. The molecular weight excluding hydrogens is 374 g/mol. The van der Waals surface area contributed by atoms with Gasteiger partial charge in [-0.3, -0.25) is 4.79 Å². The van der Waals surface area contributed by atoms with Gasteiger partial charge in [-0.05, 0) is 44.0 Å². The van der Waals surface area contributed by atoms with Crippen LogP contribution >= 0.6 is 11.8 Å². The van der Waals surface area contributed by atoms with Crippen LogP contribution in [0.4, 0.5) is 11.5 Å². The summed E-state index contributed by atoms with van der Waals surface area (Å²) in [6, 6.07) is 9.24. The van der Waals surface area contributed by atoms with Crippen molar-refractivity contribution in [1.29, 1.82) is 0 Å². The Morgan fingerprint density at radius 1 is 1.25 bits per heavy atom. The fourth-order valence-corrected chi connectivity index (χ4v) is 3.97. The van der Waals surface area contributed by atoms with Crippen molar-refractivity contribution < 1.29 is 9.32 Å². The second-order valence-electron chi connectivity index (χ2n) is 6.63. The summed E-state index contributed by atoms with van der Waals surface area (Å²) in [5.74, 6) is 2.10. The molecule has 8 heteroatoms. The second kappa shape index (κ2) is 8.43. The predicted octanol–water partition coefficient (Wildman–Crippen LogP) is 3.92. The van der Waals surface area contributed by atoms with E-state index in [9.17, 15) is 4.79 Å². The third-order valence-corrected chi connectivity index (χ3v) is 5.52. The quantitative estimate of drug-likeness (QED) is 0.633. The lowest BCUT2D eigenvalue weighted by Gasteiger charge is -2.16. The Morgan fingerprint density at radius 3 is 2.82 bits per heavy atom. The average Bonchev–Trinajstić information content (AvgIpc) is 3.39. The number of carbonyl (C=O) groups excluding carboxylic acids is 1. The SMILES string of the molecule is Cc1cc(CSc2ncccc2C(=O)Nc2ccc(N3CCCC3)nc2)no1. The first-order valence-electron chi connectivity index (χ1n) is 9.21. The van der Waals surface area contributed by atoms with E-state index < -0.39 is 0 Å². The molecule has 3 aromatic rings. The third-order valence-electron chi connectivity index (χ3n) is 4.49. The largest absolute Gasteiger partial charge is 0.361 e. The highest BCUT2D eigenvalue weighted by atomic mass is 32.2. The molecule has 1 saturated heterocycles. The summed E-state index contributed by atoms with van der Waals surface area (Å²) in [5, 5.41) is 7.54. The molecule has 0 aliphatic carbocycles. The number of amides is 1. The lowest BCUT2D eigenvalue weighted by molar-refractivity contribution is 0.102. The maximum absolute atomic E-state index is 12.8. The summed E-state index contributed by atoms with van der Waals surface area (Å²) >= 11 is 1.45. The third kappa shape index (κ3) is 4.33. The van der Waals surface area contributed by atoms with Gasteiger partial charge in [0.2, 0.25) is 0 Å². The lowest BCUT2D eigenvalue weighted by Crippen LogP contribution is -2.19. The van der Waals surface area contributed by atoms with Crippen LogP contribution in [-0.4, -0.2) is 34.1 Å². The normalized spacial score (nSPS) is 13.7. The molecule has 1 aliphatic rings. The zero-order chi connectivity index (χ0) is 19.3. The van der Waals surface area contributed by atoms with Crippen molar-refractivity contribution in [3.05, 3.63) is 59.7 Å². The molecule has 1 fully saturated rings. The van der Waals surface area contributed by atoms with Gasteiger partial charge in [0.25, 0.3) is 5.91 Å². The van der Waals surface area contributed by atoms with Crippen LogP contribution in [0.15, 0.2) is 52.3 Å². The predicted molar refractivity (Wildman–Crippen MR) is 109 cm³/mol. The Bertz CT molecular complexity index is 951. The molecule has 4 heterocycles. The van der Waals surface area contributed by atoms with Crippen LogP contribution in [0.25, 0.3) is 0 Å². The summed E-state index contributed by atoms with van der Waals surface area (Å²) in [4.78, 5) is 23.8. The van der Waals surface area contributed by atoms with E-state index in [1.807, 2.05) is 25.1 Å². The van der Waals surface area contributed by atoms with E-state index in [1.54, 1.807) is 24.5 Å². The van der Waals surface area contributed by atoms with E-state index in [-0.39, 0.29) is 5.91 Å². The average molecular weight is 395 g/mol. The highest BCUT2D eigenvalue weighted by Gasteiger charge is 2.16. The molecule has 0 saturated carbocycles. The Morgan fingerprint density at radius 2 is 2.11 bits per heavy atom. The smallest absolute Gasteiger partial charge is 0.258 e. The molecule has 0 atom stereocenters. The van der Waals surface area contributed by atoms with Crippen LogP contribution in [0.2, 0.25) is 0 Å². The fraction of sp³-hybridized carbons (Fsp3) is 0.300. The van der Waals surface area contributed by atoms with Gasteiger partial charge in [0.1, 0.15) is 16.6 Å². The standard InChI is InChI=1S/C20H21N5O2S/c1-14-11-16(24-27-14)13-28-20-17(5-4-8-21-20)19(26)23-15-6-7-18(22-12-15)25-9-2-3-10-25/h4-8,11-12H,2-3,9-10,13H2,1H3,(H,23,26). The molecule has 0 radical (unpaired) electrons. The molecule has 1 amide bonds. The number of carbonyl (C=O) groups is 1. The Labute approximate surface area is 167 Å². The number of rotatable bonds is 6. The molecule has 0 bridgehead atoms. The number of nitrogens with zero attached hydrogens (tertiary/aromatic N) is 4. The van der Waals surface area contributed by atoms with Crippen LogP contribution < -0.4 is 10.2 Å². The van der Waals surface area contributed by atoms with E-state index in [1.165, 1.54) is 24.6 Å². The van der Waals surface area contributed by atoms with Gasteiger partial charge < -0.3 is 14.7 Å². The maximum atomic E-state index is 12.8. The molecule has 28 heavy (non-hydrogen) atoms. The van der Waals surface area contributed by atoms with Crippen molar-refractivity contribution in [2.45, 2.75) is 30.5 Å². The van der Waals surface area contributed by atoms with E-state index >= 15 is 0 Å². The lowest BCUT2D eigenvalue weighted by atomic mass is 10.2. The number of hydrogen-bond donors (Lipinski definition) is 1. The monoisotopic (exact) mass is 395 g/mol. The van der Waals surface area contributed by atoms with Crippen molar-refractivity contribution in [2.75, 3.05) is 23.3 Å². The summed E-state index contributed by atoms with van der Waals surface area (Å²) < 4.78 is 5.08. The minimum atomic E-state index is -0.206. The summed E-state index contributed by atoms with van der Waals surface area (Å²) in [5.41, 5.74) is 2.01. The summed E-state index contributed by atoms with van der Waals surface area (Å²) in [7, 11) is 0. The zero-order valence-corrected chi connectivity index (χ0v) is 16.4. The Balaban J connectivity index is 1.42. The van der Waals surface area contributed by atoms with Crippen molar-refractivity contribution >= 4 is 29.2 Å². The van der Waals surface area contributed by atoms with Gasteiger partial charge in [-0.25, -0.2) is 9.97 Å². The molecule has 0 unspecified atom stereocenters. The Kier molecular flexibility index (Phi) is 5.57. The number of nitrogens with one attached hydrogen (secondary N) is 1. The Hall–Kier alpha value is -2.87. The van der Waals surface area contributed by atoms with Crippen LogP contribution in [0.3, 0.4) is 0 Å². The van der Waals surface area contributed by atoms with Crippen LogP contribution in [0, 0.1) is 6.92 Å². The molecular formula is C20H21N5O2S. The molecule has 7 nitrogen and oxygen atoms in total. The van der Waals surface area contributed by atoms with Gasteiger partial charge in [-0.15, -0.1) is 0 Å². The highest BCUT2D eigenvalue weighted by molar-refractivity contribution is 7.98. The van der Waals surface area contributed by atoms with Gasteiger partial charge in [0, 0.05) is 31.1 Å². The van der Waals surface area contributed by atoms with Crippen molar-refractivity contribution in [2.24, 2.45) is 0 Å². The van der Waals surface area contributed by atoms with Crippen LogP contribution in [0.5, 0.6) is 0 Å². The van der Waals surface area contributed by atoms with Crippen LogP contribution in [0.1, 0.15) is 34.7 Å². The van der Waals surface area contributed by atoms with Gasteiger partial charge in [0.05, 0.1) is 23.1 Å². The van der Waals surface area contributed by atoms with Crippen LogP contribution in [-0.2, 0) is 5.75 Å². The van der Waals surface area contributed by atoms with Gasteiger partial charge in [-0.1, -0.05) is 16.9 Å². The topological polar surface area (TPSA) is 84.2 Å². The number of aryl methyl sites for hydroxylation is 1. The molecule has 0 aromatic carbocycles. The summed E-state index contributed by atoms with van der Waals surface area (Å²) in [6.07, 6.45) is 5.79. The molecule has 3 aromatic heterocycles. The van der Waals surface area contributed by atoms with Gasteiger partial charge in [0.15, 0.2) is 0 Å². The van der Waals surface area contributed by atoms with Gasteiger partial charge in [-0.2, -0.15) is 0 Å². The highest BCUT2D eigenvalue weighted by Crippen LogP contribution is 2.25. The molecule has 144 valence electrons. The van der Waals surface area contributed by atoms with E-state index in [4.69, 9.17) is 4.52 Å². The van der Waals surface area contributed by atoms with Gasteiger partial charge >= 0.3 is 0 Å². The number of hydrogen-bond acceptors (Lipinski definition) is 7. The van der Waals surface area contributed by atoms with Crippen molar-refractivity contribution in [3.63, 3.8) is 0 Å². The summed E-state index contributed by atoms with van der Waals surface area (Å²) in [6.45, 7) is 3.93. The second-order valence-corrected chi connectivity index (χ2v) is 7.59. The molecule has 1 aliphatic heterocycles. The van der Waals surface area contributed by atoms with Crippen molar-refractivity contribution in [3.8, 4) is 0 Å².